The third-order valence-corrected chi connectivity index (χ3v) is 3.41. The molecule has 3 rings (SSSR count). The average molecular weight is 291 g/mol. The van der Waals surface area contributed by atoms with Gasteiger partial charge >= 0.3 is 5.97 Å². The molecule has 5 nitrogen and oxygen atoms in total. The van der Waals surface area contributed by atoms with Crippen molar-refractivity contribution < 1.29 is 9.53 Å². The van der Waals surface area contributed by atoms with Gasteiger partial charge in [-0.25, -0.2) is 4.85 Å². The van der Waals surface area contributed by atoms with E-state index in [1.165, 1.54) is 7.11 Å². The van der Waals surface area contributed by atoms with E-state index in [9.17, 15) is 4.79 Å². The van der Waals surface area contributed by atoms with Crippen molar-refractivity contribution >= 4 is 22.6 Å². The second kappa shape index (κ2) is 5.70. The van der Waals surface area contributed by atoms with Crippen molar-refractivity contribution in [2.75, 3.05) is 7.11 Å². The SMILES string of the molecule is [C-]#[N+]c1cccc(-c2nn(CC(=O)OC)c3ccccc23)c1. The molecule has 0 saturated carbocycles. The number of esters is 1. The van der Waals surface area contributed by atoms with Crippen molar-refractivity contribution in [3.63, 3.8) is 0 Å². The molecule has 3 aromatic rings. The highest BCUT2D eigenvalue weighted by molar-refractivity contribution is 5.94. The van der Waals surface area contributed by atoms with Gasteiger partial charge in [-0.05, 0) is 17.7 Å². The number of nitrogens with zero attached hydrogens (tertiary/aromatic N) is 3. The van der Waals surface area contributed by atoms with Crippen LogP contribution in [-0.2, 0) is 16.1 Å². The maximum absolute atomic E-state index is 11.5. The molecule has 0 fully saturated rings. The minimum Gasteiger partial charge on any atom is -0.468 e. The summed E-state index contributed by atoms with van der Waals surface area (Å²) in [5.74, 6) is -0.352. The third kappa shape index (κ3) is 2.42. The van der Waals surface area contributed by atoms with E-state index in [4.69, 9.17) is 11.3 Å². The molecule has 0 saturated heterocycles. The number of carbonyl (C=O) groups is 1. The van der Waals surface area contributed by atoms with Gasteiger partial charge in [0.05, 0.1) is 24.9 Å². The molecule has 5 heteroatoms. The van der Waals surface area contributed by atoms with Crippen LogP contribution >= 0.6 is 0 Å². The Morgan fingerprint density at radius 3 is 2.86 bits per heavy atom. The lowest BCUT2D eigenvalue weighted by Gasteiger charge is -2.01. The van der Waals surface area contributed by atoms with E-state index in [2.05, 4.69) is 9.94 Å². The topological polar surface area (TPSA) is 48.5 Å². The summed E-state index contributed by atoms with van der Waals surface area (Å²) in [7, 11) is 1.36. The molecule has 0 radical (unpaired) electrons. The number of fused-ring (bicyclic) bond motifs is 1. The monoisotopic (exact) mass is 291 g/mol. The predicted octanol–water partition coefficient (Wildman–Crippen LogP) is 3.43. The van der Waals surface area contributed by atoms with E-state index in [1.807, 2.05) is 36.4 Å². The fourth-order valence-corrected chi connectivity index (χ4v) is 2.37. The average Bonchev–Trinajstić information content (AvgIpc) is 2.93. The van der Waals surface area contributed by atoms with Crippen molar-refractivity contribution in [2.45, 2.75) is 6.54 Å². The normalized spacial score (nSPS) is 10.4. The van der Waals surface area contributed by atoms with Gasteiger partial charge in [-0.15, -0.1) is 0 Å². The molecule has 0 unspecified atom stereocenters. The predicted molar refractivity (Wildman–Crippen MR) is 83.4 cm³/mol. The molecule has 1 heterocycles. The van der Waals surface area contributed by atoms with Crippen LogP contribution in [0.4, 0.5) is 5.69 Å². The zero-order valence-corrected chi connectivity index (χ0v) is 12.0. The van der Waals surface area contributed by atoms with Crippen LogP contribution in [0.3, 0.4) is 0 Å². The minimum absolute atomic E-state index is 0.0551. The van der Waals surface area contributed by atoms with Crippen LogP contribution in [0, 0.1) is 6.57 Å². The molecule has 108 valence electrons. The van der Waals surface area contributed by atoms with Gasteiger partial charge in [-0.3, -0.25) is 9.48 Å². The Labute approximate surface area is 127 Å². The van der Waals surface area contributed by atoms with Gasteiger partial charge < -0.3 is 4.74 Å². The van der Waals surface area contributed by atoms with Gasteiger partial charge in [0.25, 0.3) is 0 Å². The van der Waals surface area contributed by atoms with Crippen LogP contribution in [-0.4, -0.2) is 22.9 Å². The van der Waals surface area contributed by atoms with Crippen molar-refractivity contribution in [3.05, 3.63) is 59.9 Å². The molecule has 0 aliphatic carbocycles. The molecule has 0 bridgehead atoms. The molecule has 0 atom stereocenters. The van der Waals surface area contributed by atoms with Gasteiger partial charge in [0, 0.05) is 5.39 Å². The maximum atomic E-state index is 11.5. The molecule has 0 aliphatic heterocycles. The van der Waals surface area contributed by atoms with Gasteiger partial charge in [0.2, 0.25) is 0 Å². The molecule has 1 aromatic heterocycles. The van der Waals surface area contributed by atoms with Crippen LogP contribution in [0.2, 0.25) is 0 Å². The standard InChI is InChI=1S/C17H13N3O2/c1-18-13-7-5-6-12(10-13)17-14-8-3-4-9-15(14)20(19-17)11-16(21)22-2/h3-10H,11H2,2H3. The Bertz CT molecular complexity index is 890. The first kappa shape index (κ1) is 13.8. The number of hydrogen-bond donors (Lipinski definition) is 0. The molecular formula is C17H13N3O2. The maximum Gasteiger partial charge on any atom is 0.327 e. The summed E-state index contributed by atoms with van der Waals surface area (Å²) in [5.41, 5.74) is 3.03. The third-order valence-electron chi connectivity index (χ3n) is 3.41. The Balaban J connectivity index is 2.17. The van der Waals surface area contributed by atoms with Gasteiger partial charge in [-0.1, -0.05) is 36.4 Å². The quantitative estimate of drug-likeness (QED) is 0.548. The van der Waals surface area contributed by atoms with Crippen molar-refractivity contribution in [3.8, 4) is 11.3 Å². The van der Waals surface area contributed by atoms with E-state index >= 15 is 0 Å². The zero-order valence-electron chi connectivity index (χ0n) is 12.0. The first-order chi connectivity index (χ1) is 10.7. The summed E-state index contributed by atoms with van der Waals surface area (Å²) in [6.07, 6.45) is 0. The number of para-hydroxylation sites is 1. The van der Waals surface area contributed by atoms with Gasteiger partial charge in [0.1, 0.15) is 6.54 Å². The highest BCUT2D eigenvalue weighted by atomic mass is 16.5. The number of ether oxygens (including phenoxy) is 1. The molecule has 0 aliphatic rings. The summed E-state index contributed by atoms with van der Waals surface area (Å²) >= 11 is 0. The largest absolute Gasteiger partial charge is 0.468 e. The highest BCUT2D eigenvalue weighted by Crippen LogP contribution is 2.30. The molecule has 0 amide bonds. The van der Waals surface area contributed by atoms with Crippen LogP contribution in [0.1, 0.15) is 0 Å². The Hall–Kier alpha value is -3.13. The number of hydrogen-bond acceptors (Lipinski definition) is 3. The summed E-state index contributed by atoms with van der Waals surface area (Å²) < 4.78 is 6.34. The van der Waals surface area contributed by atoms with Crippen molar-refractivity contribution in [1.82, 2.24) is 9.78 Å². The lowest BCUT2D eigenvalue weighted by atomic mass is 10.1. The van der Waals surface area contributed by atoms with Crippen molar-refractivity contribution in [2.24, 2.45) is 0 Å². The zero-order chi connectivity index (χ0) is 15.5. The van der Waals surface area contributed by atoms with Crippen molar-refractivity contribution in [1.29, 1.82) is 0 Å². The fourth-order valence-electron chi connectivity index (χ4n) is 2.37. The van der Waals surface area contributed by atoms with E-state index in [-0.39, 0.29) is 12.5 Å². The summed E-state index contributed by atoms with van der Waals surface area (Å²) in [5, 5.41) is 5.47. The molecule has 2 aromatic carbocycles. The first-order valence-electron chi connectivity index (χ1n) is 6.73. The second-order valence-corrected chi connectivity index (χ2v) is 4.76. The summed E-state index contributed by atoms with van der Waals surface area (Å²) in [6, 6.07) is 15.0. The fraction of sp³-hybridized carbons (Fsp3) is 0.118. The Kier molecular flexibility index (Phi) is 3.58. The van der Waals surface area contributed by atoms with Crippen LogP contribution in [0.5, 0.6) is 0 Å². The van der Waals surface area contributed by atoms with Gasteiger partial charge in [-0.2, -0.15) is 5.10 Å². The lowest BCUT2D eigenvalue weighted by Crippen LogP contribution is -2.12. The number of benzene rings is 2. The molecular weight excluding hydrogens is 278 g/mol. The van der Waals surface area contributed by atoms with Gasteiger partial charge in [0.15, 0.2) is 5.69 Å². The van der Waals surface area contributed by atoms with Crippen LogP contribution < -0.4 is 0 Å². The highest BCUT2D eigenvalue weighted by Gasteiger charge is 2.14. The van der Waals surface area contributed by atoms with E-state index in [1.54, 1.807) is 16.8 Å². The number of rotatable bonds is 3. The minimum atomic E-state index is -0.352. The van der Waals surface area contributed by atoms with E-state index < -0.39 is 0 Å². The number of aromatic nitrogens is 2. The van der Waals surface area contributed by atoms with E-state index in [0.717, 1.165) is 22.2 Å². The van der Waals surface area contributed by atoms with E-state index in [0.29, 0.717) is 5.69 Å². The van der Waals surface area contributed by atoms with Crippen LogP contribution in [0.25, 0.3) is 27.0 Å². The summed E-state index contributed by atoms with van der Waals surface area (Å²) in [4.78, 5) is 15.0. The molecule has 22 heavy (non-hydrogen) atoms. The Morgan fingerprint density at radius 1 is 1.27 bits per heavy atom. The molecule has 0 spiro atoms. The number of carbonyl (C=O) groups excluding carboxylic acids is 1. The smallest absolute Gasteiger partial charge is 0.327 e. The number of methoxy groups -OCH3 is 1. The molecule has 0 N–H and O–H groups in total. The lowest BCUT2D eigenvalue weighted by molar-refractivity contribution is -0.141. The second-order valence-electron chi connectivity index (χ2n) is 4.76. The first-order valence-corrected chi connectivity index (χ1v) is 6.73. The van der Waals surface area contributed by atoms with Crippen LogP contribution in [0.15, 0.2) is 48.5 Å². The summed E-state index contributed by atoms with van der Waals surface area (Å²) in [6.45, 7) is 7.18. The Morgan fingerprint density at radius 2 is 2.09 bits per heavy atom.